The van der Waals surface area contributed by atoms with E-state index in [0.29, 0.717) is 21.2 Å². The van der Waals surface area contributed by atoms with E-state index in [1.165, 1.54) is 9.35 Å². The zero-order valence-electron chi connectivity index (χ0n) is 15.1. The SMILES string of the molecule is Nn1c(-c2ccccc2)n[nH]c1=S.Nn1c(-c2ccccc2)n[nH]c1=S.[Fe+2].[Fe].[SH-].[SH-]. The minimum atomic E-state index is 0. The Morgan fingerprint density at radius 2 is 0.967 bits per heavy atom. The molecule has 6 N–H and O–H groups in total. The van der Waals surface area contributed by atoms with Crippen LogP contribution < -0.4 is 11.7 Å². The number of hydrogen-bond donors (Lipinski definition) is 4. The number of nitrogen functional groups attached to an aromatic ring is 2. The molecule has 0 bridgehead atoms. The number of nitrogens with zero attached hydrogens (tertiary/aromatic N) is 4. The first-order valence-corrected chi connectivity index (χ1v) is 8.35. The van der Waals surface area contributed by atoms with Crippen LogP contribution in [0.5, 0.6) is 0 Å². The van der Waals surface area contributed by atoms with Crippen molar-refractivity contribution in [2.24, 2.45) is 0 Å². The predicted molar refractivity (Wildman–Crippen MR) is 124 cm³/mol. The maximum absolute atomic E-state index is 5.65. The summed E-state index contributed by atoms with van der Waals surface area (Å²) in [6.07, 6.45) is 0. The third kappa shape index (κ3) is 7.33. The van der Waals surface area contributed by atoms with Crippen LogP contribution >= 0.6 is 24.4 Å². The van der Waals surface area contributed by atoms with E-state index in [9.17, 15) is 0 Å². The number of rotatable bonds is 2. The van der Waals surface area contributed by atoms with Gasteiger partial charge in [0.15, 0.2) is 11.6 Å². The topological polar surface area (TPSA) is 119 Å². The van der Waals surface area contributed by atoms with Crippen LogP contribution in [0.25, 0.3) is 22.8 Å². The Hall–Kier alpha value is -1.50. The molecule has 2 aromatic carbocycles. The van der Waals surface area contributed by atoms with Gasteiger partial charge >= 0.3 is 17.1 Å². The van der Waals surface area contributed by atoms with E-state index in [1.807, 2.05) is 60.7 Å². The monoisotopic (exact) mass is 562 g/mol. The van der Waals surface area contributed by atoms with E-state index >= 15 is 0 Å². The van der Waals surface area contributed by atoms with Crippen molar-refractivity contribution in [3.63, 3.8) is 0 Å². The fraction of sp³-hybridized carbons (Fsp3) is 0. The van der Waals surface area contributed by atoms with Gasteiger partial charge in [-0.3, -0.25) is 0 Å². The number of thiol groups is 2. The zero-order chi connectivity index (χ0) is 18.5. The molecular weight excluding hydrogens is 544 g/mol. The molecule has 162 valence electrons. The number of H-pyrrole nitrogens is 2. The Bertz CT molecular complexity index is 1020. The number of nitrogens with one attached hydrogen (secondary N) is 2. The molecular formula is C16H18Fe2N8S4. The third-order valence-electron chi connectivity index (χ3n) is 3.47. The van der Waals surface area contributed by atoms with Crippen LogP contribution in [-0.4, -0.2) is 29.7 Å². The molecule has 8 nitrogen and oxygen atoms in total. The molecule has 0 aliphatic carbocycles. The predicted octanol–water partition coefficient (Wildman–Crippen LogP) is 2.10. The van der Waals surface area contributed by atoms with E-state index in [2.05, 4.69) is 20.4 Å². The molecule has 0 saturated carbocycles. The van der Waals surface area contributed by atoms with Gasteiger partial charge in [-0.25, -0.2) is 19.5 Å². The molecule has 0 atom stereocenters. The van der Waals surface area contributed by atoms with Crippen LogP contribution in [0, 0.1) is 9.54 Å². The fourth-order valence-corrected chi connectivity index (χ4v) is 2.46. The second kappa shape index (κ2) is 14.5. The summed E-state index contributed by atoms with van der Waals surface area (Å²) in [7, 11) is 0. The van der Waals surface area contributed by atoms with E-state index in [4.69, 9.17) is 36.1 Å². The van der Waals surface area contributed by atoms with Crippen molar-refractivity contribution in [2.45, 2.75) is 0 Å². The van der Waals surface area contributed by atoms with E-state index in [-0.39, 0.29) is 61.1 Å². The van der Waals surface area contributed by atoms with E-state index < -0.39 is 0 Å². The number of aromatic amines is 2. The van der Waals surface area contributed by atoms with Crippen molar-refractivity contribution in [2.75, 3.05) is 11.7 Å². The molecule has 14 heteroatoms. The van der Waals surface area contributed by atoms with Gasteiger partial charge in [0.2, 0.25) is 9.54 Å². The molecule has 2 aromatic heterocycles. The summed E-state index contributed by atoms with van der Waals surface area (Å²) in [5.41, 5.74) is 1.88. The van der Waals surface area contributed by atoms with Gasteiger partial charge < -0.3 is 38.7 Å². The summed E-state index contributed by atoms with van der Waals surface area (Å²) in [5, 5.41) is 13.3. The van der Waals surface area contributed by atoms with E-state index in [0.717, 1.165) is 11.1 Å². The Balaban J connectivity index is 0. The molecule has 30 heavy (non-hydrogen) atoms. The smallest absolute Gasteiger partial charge is 0.813 e. The van der Waals surface area contributed by atoms with Crippen LogP contribution in [0.2, 0.25) is 0 Å². The summed E-state index contributed by atoms with van der Waals surface area (Å²) in [4.78, 5) is 0. The van der Waals surface area contributed by atoms with Crippen molar-refractivity contribution in [3.8, 4) is 22.8 Å². The van der Waals surface area contributed by atoms with Crippen molar-refractivity contribution >= 4 is 51.4 Å². The van der Waals surface area contributed by atoms with Gasteiger partial charge in [-0.2, -0.15) is 10.2 Å². The summed E-state index contributed by atoms with van der Waals surface area (Å²) >= 11 is 9.79. The maximum Gasteiger partial charge on any atom is 2.00 e. The average Bonchev–Trinajstić information content (AvgIpc) is 3.19. The van der Waals surface area contributed by atoms with Gasteiger partial charge in [0, 0.05) is 28.2 Å². The van der Waals surface area contributed by atoms with Crippen LogP contribution in [0.15, 0.2) is 60.7 Å². The molecule has 0 unspecified atom stereocenters. The Morgan fingerprint density at radius 1 is 0.667 bits per heavy atom. The largest absolute Gasteiger partial charge is 2.00 e. The molecule has 0 radical (unpaired) electrons. The quantitative estimate of drug-likeness (QED) is 0.0965. The van der Waals surface area contributed by atoms with Gasteiger partial charge in [-0.05, 0) is 24.4 Å². The summed E-state index contributed by atoms with van der Waals surface area (Å²) in [6, 6.07) is 19.3. The molecule has 2 heterocycles. The molecule has 0 amide bonds. The Morgan fingerprint density at radius 3 is 1.20 bits per heavy atom. The van der Waals surface area contributed by atoms with Crippen LogP contribution in [0.3, 0.4) is 0 Å². The number of aromatic nitrogens is 6. The van der Waals surface area contributed by atoms with Gasteiger partial charge in [0.25, 0.3) is 0 Å². The summed E-state index contributed by atoms with van der Waals surface area (Å²) < 4.78 is 3.53. The maximum atomic E-state index is 5.65. The second-order valence-electron chi connectivity index (χ2n) is 5.18. The summed E-state index contributed by atoms with van der Waals surface area (Å²) in [5.74, 6) is 12.6. The number of nitrogens with two attached hydrogens (primary N) is 2. The molecule has 0 saturated heterocycles. The van der Waals surface area contributed by atoms with Crippen molar-refractivity contribution in [3.05, 3.63) is 70.2 Å². The molecule has 0 spiro atoms. The number of hydrogen-bond acceptors (Lipinski definition) is 8. The van der Waals surface area contributed by atoms with Crippen molar-refractivity contribution in [1.82, 2.24) is 29.7 Å². The van der Waals surface area contributed by atoms with Gasteiger partial charge in [-0.15, -0.1) is 0 Å². The van der Waals surface area contributed by atoms with Gasteiger partial charge in [-0.1, -0.05) is 60.7 Å². The fourth-order valence-electron chi connectivity index (χ4n) is 2.19. The first-order chi connectivity index (χ1) is 12.6. The minimum Gasteiger partial charge on any atom is -0.813 e. The normalized spacial score (nSPS) is 8.80. The standard InChI is InChI=1S/2C8H8N4S.2Fe.2H2S/c2*9-12-7(10-11-8(12)13)6-4-2-1-3-5-6;;;;/h2*1-5H,9H2,(H,11,13);;;2*1H2/q;;;+2;;/p-2. The second-order valence-corrected chi connectivity index (χ2v) is 5.95. The van der Waals surface area contributed by atoms with E-state index in [1.54, 1.807) is 0 Å². The van der Waals surface area contributed by atoms with Crippen LogP contribution in [-0.2, 0) is 61.1 Å². The summed E-state index contributed by atoms with van der Waals surface area (Å²) in [6.45, 7) is 0. The van der Waals surface area contributed by atoms with Crippen molar-refractivity contribution in [1.29, 1.82) is 0 Å². The average molecular weight is 562 g/mol. The van der Waals surface area contributed by atoms with Gasteiger partial charge in [0.1, 0.15) is 0 Å². The minimum absolute atomic E-state index is 0. The molecule has 4 rings (SSSR count). The first kappa shape index (κ1) is 30.7. The number of benzene rings is 2. The van der Waals surface area contributed by atoms with Crippen LogP contribution in [0.4, 0.5) is 0 Å². The Labute approximate surface area is 218 Å². The molecule has 0 fully saturated rings. The van der Waals surface area contributed by atoms with Crippen LogP contribution in [0.1, 0.15) is 0 Å². The first-order valence-electron chi connectivity index (χ1n) is 7.53. The third-order valence-corrected chi connectivity index (χ3v) is 4.05. The Kier molecular flexibility index (Phi) is 14.8. The molecule has 0 aliphatic heterocycles. The van der Waals surface area contributed by atoms with Gasteiger partial charge in [0.05, 0.1) is 0 Å². The van der Waals surface area contributed by atoms with Crippen molar-refractivity contribution < 1.29 is 34.1 Å². The zero-order valence-corrected chi connectivity index (χ0v) is 20.8. The molecule has 0 aliphatic rings. The molecule has 4 aromatic rings.